The molecule has 3 heteroatoms. The van der Waals surface area contributed by atoms with Gasteiger partial charge < -0.3 is 0 Å². The number of rotatable bonds is 1. The van der Waals surface area contributed by atoms with Crippen molar-refractivity contribution < 1.29 is 4.57 Å². The summed E-state index contributed by atoms with van der Waals surface area (Å²) in [4.78, 5) is 8.86. The molecule has 0 atom stereocenters. The lowest BCUT2D eigenvalue weighted by molar-refractivity contribution is -0.672. The first-order chi connectivity index (χ1) is 7.59. The zero-order valence-corrected chi connectivity index (χ0v) is 10.2. The molecule has 0 bridgehead atoms. The molecule has 0 N–H and O–H groups in total. The van der Waals surface area contributed by atoms with Crippen molar-refractivity contribution in [3.05, 3.63) is 41.5 Å². The van der Waals surface area contributed by atoms with Crippen LogP contribution in [-0.4, -0.2) is 9.97 Å². The highest BCUT2D eigenvalue weighted by Gasteiger charge is 2.16. The van der Waals surface area contributed by atoms with E-state index in [0.29, 0.717) is 0 Å². The van der Waals surface area contributed by atoms with E-state index in [0.717, 1.165) is 17.5 Å². The number of nitrogens with zero attached hydrogens (tertiary/aromatic N) is 3. The van der Waals surface area contributed by atoms with Crippen molar-refractivity contribution in [2.45, 2.75) is 20.8 Å². The standard InChI is InChI=1S/C13H16N3/c1-9-7-5-6-8-12(9)13-15-10(2)14-11(3)16(13)4/h5-8H,1-4H3/q+1. The second-order valence-electron chi connectivity index (χ2n) is 4.02. The maximum absolute atomic E-state index is 4.52. The van der Waals surface area contributed by atoms with Gasteiger partial charge in [-0.2, -0.15) is 0 Å². The minimum absolute atomic E-state index is 0.814. The fourth-order valence-corrected chi connectivity index (χ4v) is 1.78. The highest BCUT2D eigenvalue weighted by molar-refractivity contribution is 5.57. The minimum atomic E-state index is 0.814. The predicted molar refractivity (Wildman–Crippen MR) is 62.9 cm³/mol. The molecule has 1 aromatic carbocycles. The van der Waals surface area contributed by atoms with Crippen LogP contribution in [-0.2, 0) is 7.05 Å². The second-order valence-corrected chi connectivity index (χ2v) is 4.02. The number of aryl methyl sites for hydroxylation is 3. The van der Waals surface area contributed by atoms with E-state index in [1.165, 1.54) is 11.1 Å². The molecule has 0 saturated carbocycles. The average Bonchev–Trinajstić information content (AvgIpc) is 2.24. The van der Waals surface area contributed by atoms with Crippen LogP contribution in [0.3, 0.4) is 0 Å². The van der Waals surface area contributed by atoms with Crippen molar-refractivity contribution in [1.29, 1.82) is 0 Å². The minimum Gasteiger partial charge on any atom is -0.233 e. The monoisotopic (exact) mass is 214 g/mol. The quantitative estimate of drug-likeness (QED) is 0.678. The number of hydrogen-bond donors (Lipinski definition) is 0. The van der Waals surface area contributed by atoms with Crippen molar-refractivity contribution in [2.24, 2.45) is 7.05 Å². The summed E-state index contributed by atoms with van der Waals surface area (Å²) in [5.41, 5.74) is 2.40. The largest absolute Gasteiger partial charge is 0.274 e. The lowest BCUT2D eigenvalue weighted by atomic mass is 10.1. The van der Waals surface area contributed by atoms with E-state index in [4.69, 9.17) is 0 Å². The Hall–Kier alpha value is -1.77. The van der Waals surface area contributed by atoms with Crippen molar-refractivity contribution in [3.63, 3.8) is 0 Å². The summed E-state index contributed by atoms with van der Waals surface area (Å²) in [6.45, 7) is 6.02. The third kappa shape index (κ3) is 1.81. The van der Waals surface area contributed by atoms with E-state index in [9.17, 15) is 0 Å². The van der Waals surface area contributed by atoms with Crippen molar-refractivity contribution >= 4 is 0 Å². The molecule has 0 aliphatic heterocycles. The Kier molecular flexibility index (Phi) is 2.69. The Bertz CT molecular complexity index is 533. The molecule has 0 aliphatic rings. The van der Waals surface area contributed by atoms with Crippen LogP contribution in [0.4, 0.5) is 0 Å². The first-order valence-electron chi connectivity index (χ1n) is 5.37. The fourth-order valence-electron chi connectivity index (χ4n) is 1.78. The van der Waals surface area contributed by atoms with Gasteiger partial charge in [0.15, 0.2) is 0 Å². The molecule has 0 saturated heterocycles. The Morgan fingerprint density at radius 1 is 1.00 bits per heavy atom. The molecule has 1 heterocycles. The third-order valence-corrected chi connectivity index (χ3v) is 2.78. The highest BCUT2D eigenvalue weighted by Crippen LogP contribution is 2.17. The molecule has 0 aliphatic carbocycles. The lowest BCUT2D eigenvalue weighted by Gasteiger charge is -2.05. The molecule has 16 heavy (non-hydrogen) atoms. The second kappa shape index (κ2) is 4.00. The summed E-state index contributed by atoms with van der Waals surface area (Å²) < 4.78 is 2.02. The van der Waals surface area contributed by atoms with E-state index in [1.54, 1.807) is 0 Å². The predicted octanol–water partition coefficient (Wildman–Crippen LogP) is 1.89. The molecule has 0 unspecified atom stereocenters. The Morgan fingerprint density at radius 3 is 2.38 bits per heavy atom. The van der Waals surface area contributed by atoms with Crippen molar-refractivity contribution in [3.8, 4) is 11.4 Å². The van der Waals surface area contributed by atoms with Gasteiger partial charge in [0.2, 0.25) is 5.82 Å². The van der Waals surface area contributed by atoms with Crippen molar-refractivity contribution in [2.75, 3.05) is 0 Å². The Balaban J connectivity index is 2.69. The maximum atomic E-state index is 4.52. The molecule has 0 spiro atoms. The van der Waals surface area contributed by atoms with E-state index >= 15 is 0 Å². The Morgan fingerprint density at radius 2 is 1.69 bits per heavy atom. The van der Waals surface area contributed by atoms with Gasteiger partial charge in [-0.15, -0.1) is 0 Å². The number of hydrogen-bond acceptors (Lipinski definition) is 2. The van der Waals surface area contributed by atoms with Gasteiger partial charge in [0.25, 0.3) is 11.6 Å². The zero-order chi connectivity index (χ0) is 11.7. The summed E-state index contributed by atoms with van der Waals surface area (Å²) in [5, 5.41) is 0. The van der Waals surface area contributed by atoms with Crippen molar-refractivity contribution in [1.82, 2.24) is 9.97 Å². The van der Waals surface area contributed by atoms with Gasteiger partial charge in [-0.05, 0) is 18.6 Å². The van der Waals surface area contributed by atoms with Crippen LogP contribution >= 0.6 is 0 Å². The number of benzene rings is 1. The fraction of sp³-hybridized carbons (Fsp3) is 0.308. The van der Waals surface area contributed by atoms with E-state index in [1.807, 2.05) is 37.6 Å². The van der Waals surface area contributed by atoms with Gasteiger partial charge >= 0.3 is 0 Å². The summed E-state index contributed by atoms with van der Waals surface area (Å²) in [5.74, 6) is 2.77. The van der Waals surface area contributed by atoms with Crippen LogP contribution in [0.1, 0.15) is 17.2 Å². The summed E-state index contributed by atoms with van der Waals surface area (Å²) >= 11 is 0. The molecule has 0 amide bonds. The van der Waals surface area contributed by atoms with E-state index in [2.05, 4.69) is 29.0 Å². The SMILES string of the molecule is Cc1nc(C)[n+](C)c(-c2ccccc2C)n1. The first-order valence-corrected chi connectivity index (χ1v) is 5.37. The average molecular weight is 214 g/mol. The van der Waals surface area contributed by atoms with Crippen LogP contribution in [0.25, 0.3) is 11.4 Å². The van der Waals surface area contributed by atoms with Gasteiger partial charge in [-0.1, -0.05) is 28.2 Å². The normalized spacial score (nSPS) is 10.5. The van der Waals surface area contributed by atoms with Gasteiger partial charge in [0, 0.05) is 13.8 Å². The molecule has 1 aromatic heterocycles. The third-order valence-electron chi connectivity index (χ3n) is 2.78. The molecular weight excluding hydrogens is 198 g/mol. The molecule has 2 aromatic rings. The van der Waals surface area contributed by atoms with Gasteiger partial charge in [0.05, 0.1) is 12.6 Å². The Labute approximate surface area is 95.8 Å². The molecular formula is C13H16N3+. The topological polar surface area (TPSA) is 29.7 Å². The van der Waals surface area contributed by atoms with Crippen LogP contribution in [0, 0.1) is 20.8 Å². The summed E-state index contributed by atoms with van der Waals surface area (Å²) in [7, 11) is 2.00. The van der Waals surface area contributed by atoms with E-state index in [-0.39, 0.29) is 0 Å². The molecule has 2 rings (SSSR count). The summed E-state index contributed by atoms with van der Waals surface area (Å²) in [6.07, 6.45) is 0. The van der Waals surface area contributed by atoms with Crippen LogP contribution < -0.4 is 4.57 Å². The molecule has 82 valence electrons. The van der Waals surface area contributed by atoms with Gasteiger partial charge in [-0.25, -0.2) is 4.57 Å². The number of aromatic nitrogens is 3. The molecule has 0 fully saturated rings. The van der Waals surface area contributed by atoms with E-state index < -0.39 is 0 Å². The highest BCUT2D eigenvalue weighted by atomic mass is 15.1. The molecule has 0 radical (unpaired) electrons. The lowest BCUT2D eigenvalue weighted by Crippen LogP contribution is -2.37. The maximum Gasteiger partial charge on any atom is 0.274 e. The molecule has 3 nitrogen and oxygen atoms in total. The van der Waals surface area contributed by atoms with Crippen LogP contribution in [0.2, 0.25) is 0 Å². The van der Waals surface area contributed by atoms with Crippen LogP contribution in [0.15, 0.2) is 24.3 Å². The van der Waals surface area contributed by atoms with Crippen LogP contribution in [0.5, 0.6) is 0 Å². The smallest absolute Gasteiger partial charge is 0.233 e. The summed E-state index contributed by atoms with van der Waals surface area (Å²) in [6, 6.07) is 8.27. The van der Waals surface area contributed by atoms with Gasteiger partial charge in [-0.3, -0.25) is 0 Å². The first kappa shape index (κ1) is 10.7. The zero-order valence-electron chi connectivity index (χ0n) is 10.2. The van der Waals surface area contributed by atoms with Gasteiger partial charge in [0.1, 0.15) is 0 Å².